The first-order valence-electron chi connectivity index (χ1n) is 10.1. The number of carbonyl (C=O) groups is 1. The smallest absolute Gasteiger partial charge is 0.236 e. The number of aromatic amines is 1. The minimum absolute atomic E-state index is 0.101. The monoisotopic (exact) mass is 457 g/mol. The zero-order valence-electron chi connectivity index (χ0n) is 17.4. The number of para-hydroxylation sites is 1. The standard InChI is InChI=1S/C22H24ClN5O2S/c1-15(21(29)28-12-10-27(11-13-28)17-6-4-3-5-7-17)31-22-24-20(25-26-22)18-14-16(23)8-9-19(18)30-2/h3-9,14-15H,10-13H2,1-2H3,(H,24,25,26). The van der Waals surface area contributed by atoms with Gasteiger partial charge in [-0.25, -0.2) is 4.98 Å². The molecule has 1 amide bonds. The van der Waals surface area contributed by atoms with E-state index in [1.54, 1.807) is 25.3 Å². The fourth-order valence-electron chi connectivity index (χ4n) is 3.57. The number of nitrogens with one attached hydrogen (secondary N) is 1. The van der Waals surface area contributed by atoms with Crippen molar-refractivity contribution in [3.63, 3.8) is 0 Å². The molecule has 31 heavy (non-hydrogen) atoms. The first-order valence-corrected chi connectivity index (χ1v) is 11.3. The Morgan fingerprint density at radius 2 is 1.90 bits per heavy atom. The molecule has 1 aliphatic rings. The molecule has 0 radical (unpaired) electrons. The fraction of sp³-hybridized carbons (Fsp3) is 0.318. The Morgan fingerprint density at radius 1 is 1.16 bits per heavy atom. The summed E-state index contributed by atoms with van der Waals surface area (Å²) >= 11 is 7.46. The van der Waals surface area contributed by atoms with Gasteiger partial charge in [-0.15, -0.1) is 5.10 Å². The van der Waals surface area contributed by atoms with Gasteiger partial charge in [0.1, 0.15) is 5.75 Å². The van der Waals surface area contributed by atoms with E-state index in [9.17, 15) is 4.79 Å². The molecule has 3 aromatic rings. The second kappa shape index (κ2) is 9.62. The topological polar surface area (TPSA) is 74.3 Å². The summed E-state index contributed by atoms with van der Waals surface area (Å²) in [6.07, 6.45) is 0. The lowest BCUT2D eigenvalue weighted by atomic mass is 10.2. The van der Waals surface area contributed by atoms with Gasteiger partial charge in [0.15, 0.2) is 5.82 Å². The van der Waals surface area contributed by atoms with Gasteiger partial charge in [-0.3, -0.25) is 9.89 Å². The minimum atomic E-state index is -0.284. The highest BCUT2D eigenvalue weighted by molar-refractivity contribution is 8.00. The summed E-state index contributed by atoms with van der Waals surface area (Å²) in [6.45, 7) is 4.96. The van der Waals surface area contributed by atoms with Crippen LogP contribution in [0.25, 0.3) is 11.4 Å². The van der Waals surface area contributed by atoms with Crippen molar-refractivity contribution in [1.29, 1.82) is 0 Å². The van der Waals surface area contributed by atoms with E-state index in [1.807, 2.05) is 30.0 Å². The summed E-state index contributed by atoms with van der Waals surface area (Å²) in [4.78, 5) is 21.7. The van der Waals surface area contributed by atoms with Gasteiger partial charge in [-0.2, -0.15) is 0 Å². The number of amides is 1. The highest BCUT2D eigenvalue weighted by Crippen LogP contribution is 2.32. The lowest BCUT2D eigenvalue weighted by Crippen LogP contribution is -2.50. The number of benzene rings is 2. The third kappa shape index (κ3) is 4.97. The van der Waals surface area contributed by atoms with E-state index in [2.05, 4.69) is 32.2 Å². The average Bonchev–Trinajstić information content (AvgIpc) is 3.27. The number of aromatic nitrogens is 3. The molecule has 1 aliphatic heterocycles. The third-order valence-electron chi connectivity index (χ3n) is 5.22. The Balaban J connectivity index is 1.36. The van der Waals surface area contributed by atoms with Crippen molar-refractivity contribution >= 4 is 35.0 Å². The SMILES string of the molecule is COc1ccc(Cl)cc1-c1nc(SC(C)C(=O)N2CCN(c3ccccc3)CC2)n[nH]1. The summed E-state index contributed by atoms with van der Waals surface area (Å²) in [5, 5.41) is 8.00. The molecule has 0 bridgehead atoms. The normalized spacial score (nSPS) is 15.1. The van der Waals surface area contributed by atoms with Gasteiger partial charge in [-0.1, -0.05) is 41.6 Å². The number of methoxy groups -OCH3 is 1. The number of anilines is 1. The molecule has 2 aromatic carbocycles. The molecule has 0 saturated carbocycles. The van der Waals surface area contributed by atoms with Gasteiger partial charge >= 0.3 is 0 Å². The number of ether oxygens (including phenoxy) is 1. The Labute approximate surface area is 190 Å². The van der Waals surface area contributed by atoms with Crippen LogP contribution in [-0.4, -0.2) is 64.5 Å². The van der Waals surface area contributed by atoms with E-state index in [-0.39, 0.29) is 11.2 Å². The molecule has 7 nitrogen and oxygen atoms in total. The highest BCUT2D eigenvalue weighted by atomic mass is 35.5. The lowest BCUT2D eigenvalue weighted by molar-refractivity contribution is -0.130. The zero-order valence-corrected chi connectivity index (χ0v) is 19.0. The maximum Gasteiger partial charge on any atom is 0.236 e. The first kappa shape index (κ1) is 21.5. The van der Waals surface area contributed by atoms with Gasteiger partial charge in [0, 0.05) is 36.9 Å². The second-order valence-corrected chi connectivity index (χ2v) is 8.96. The number of hydrogen-bond donors (Lipinski definition) is 1. The van der Waals surface area contributed by atoms with Crippen LogP contribution in [-0.2, 0) is 4.79 Å². The summed E-state index contributed by atoms with van der Waals surface area (Å²) in [6, 6.07) is 15.6. The minimum Gasteiger partial charge on any atom is -0.496 e. The summed E-state index contributed by atoms with van der Waals surface area (Å²) < 4.78 is 5.39. The van der Waals surface area contributed by atoms with Crippen LogP contribution in [0.3, 0.4) is 0 Å². The van der Waals surface area contributed by atoms with Crippen molar-refractivity contribution in [2.45, 2.75) is 17.3 Å². The third-order valence-corrected chi connectivity index (χ3v) is 6.41. The number of H-pyrrole nitrogens is 1. The predicted octanol–water partition coefficient (Wildman–Crippen LogP) is 3.96. The van der Waals surface area contributed by atoms with E-state index in [1.165, 1.54) is 17.4 Å². The molecule has 1 N–H and O–H groups in total. The number of rotatable bonds is 6. The van der Waals surface area contributed by atoms with Crippen LogP contribution in [0.4, 0.5) is 5.69 Å². The predicted molar refractivity (Wildman–Crippen MR) is 124 cm³/mol. The molecule has 9 heteroatoms. The first-order chi connectivity index (χ1) is 15.0. The van der Waals surface area contributed by atoms with Crippen molar-refractivity contribution in [1.82, 2.24) is 20.1 Å². The van der Waals surface area contributed by atoms with Gasteiger partial charge < -0.3 is 14.5 Å². The Hall–Kier alpha value is -2.71. The number of hydrogen-bond acceptors (Lipinski definition) is 6. The molecule has 0 spiro atoms. The molecular weight excluding hydrogens is 434 g/mol. The van der Waals surface area contributed by atoms with Gasteiger partial charge in [0.2, 0.25) is 11.1 Å². The Morgan fingerprint density at radius 3 is 2.61 bits per heavy atom. The van der Waals surface area contributed by atoms with Gasteiger partial charge in [0.05, 0.1) is 17.9 Å². The summed E-state index contributed by atoms with van der Waals surface area (Å²) in [7, 11) is 1.59. The van der Waals surface area contributed by atoms with Gasteiger partial charge in [0.25, 0.3) is 0 Å². The van der Waals surface area contributed by atoms with Crippen molar-refractivity contribution in [2.75, 3.05) is 38.2 Å². The largest absolute Gasteiger partial charge is 0.496 e. The van der Waals surface area contributed by atoms with E-state index in [0.29, 0.717) is 34.8 Å². The van der Waals surface area contributed by atoms with E-state index in [4.69, 9.17) is 16.3 Å². The molecule has 1 atom stereocenters. The number of halogens is 1. The van der Waals surface area contributed by atoms with Crippen LogP contribution in [0, 0.1) is 0 Å². The number of piperazine rings is 1. The Bertz CT molecular complexity index is 1040. The summed E-state index contributed by atoms with van der Waals surface area (Å²) in [5.41, 5.74) is 1.92. The van der Waals surface area contributed by atoms with E-state index < -0.39 is 0 Å². The molecule has 4 rings (SSSR count). The number of thioether (sulfide) groups is 1. The maximum absolute atomic E-state index is 13.0. The van der Waals surface area contributed by atoms with Crippen molar-refractivity contribution in [3.05, 3.63) is 53.6 Å². The molecular formula is C22H24ClN5O2S. The van der Waals surface area contributed by atoms with Crippen LogP contribution in [0.15, 0.2) is 53.7 Å². The van der Waals surface area contributed by atoms with Gasteiger partial charge in [-0.05, 0) is 37.3 Å². The van der Waals surface area contributed by atoms with Crippen molar-refractivity contribution in [2.24, 2.45) is 0 Å². The quantitative estimate of drug-likeness (QED) is 0.565. The lowest BCUT2D eigenvalue weighted by Gasteiger charge is -2.37. The van der Waals surface area contributed by atoms with Crippen LogP contribution in [0.5, 0.6) is 5.75 Å². The highest BCUT2D eigenvalue weighted by Gasteiger charge is 2.26. The van der Waals surface area contributed by atoms with Crippen LogP contribution in [0.1, 0.15) is 6.92 Å². The second-order valence-electron chi connectivity index (χ2n) is 7.22. The molecule has 1 aromatic heterocycles. The van der Waals surface area contributed by atoms with Crippen molar-refractivity contribution in [3.8, 4) is 17.1 Å². The van der Waals surface area contributed by atoms with Crippen LogP contribution < -0.4 is 9.64 Å². The Kier molecular flexibility index (Phi) is 6.67. The molecule has 0 aliphatic carbocycles. The fourth-order valence-corrected chi connectivity index (χ4v) is 4.55. The summed E-state index contributed by atoms with van der Waals surface area (Å²) in [5.74, 6) is 1.31. The molecule has 1 saturated heterocycles. The number of carbonyl (C=O) groups excluding carboxylic acids is 1. The molecule has 1 unspecified atom stereocenters. The maximum atomic E-state index is 13.0. The van der Waals surface area contributed by atoms with Crippen LogP contribution in [0.2, 0.25) is 5.02 Å². The molecule has 2 heterocycles. The van der Waals surface area contributed by atoms with E-state index in [0.717, 1.165) is 18.7 Å². The molecule has 1 fully saturated rings. The average molecular weight is 458 g/mol. The van der Waals surface area contributed by atoms with Crippen molar-refractivity contribution < 1.29 is 9.53 Å². The van der Waals surface area contributed by atoms with E-state index >= 15 is 0 Å². The zero-order chi connectivity index (χ0) is 21.8. The number of nitrogens with zero attached hydrogens (tertiary/aromatic N) is 4. The van der Waals surface area contributed by atoms with Crippen LogP contribution >= 0.6 is 23.4 Å². The molecule has 162 valence electrons.